The Balaban J connectivity index is 0.00000162. The van der Waals surface area contributed by atoms with Crippen LogP contribution in [-0.2, 0) is 20.9 Å². The van der Waals surface area contributed by atoms with E-state index in [9.17, 15) is 4.79 Å². The van der Waals surface area contributed by atoms with Crippen LogP contribution in [0.1, 0.15) is 12.0 Å². The largest absolute Gasteiger partial charge is 0.468 e. The Morgan fingerprint density at radius 1 is 1.39 bits per heavy atom. The van der Waals surface area contributed by atoms with Crippen LogP contribution in [0, 0.1) is 0 Å². The molecule has 1 aromatic rings. The summed E-state index contributed by atoms with van der Waals surface area (Å²) in [7, 11) is 1.40. The van der Waals surface area contributed by atoms with E-state index >= 15 is 0 Å². The van der Waals surface area contributed by atoms with Gasteiger partial charge in [0.2, 0.25) is 0 Å². The van der Waals surface area contributed by atoms with E-state index in [0.29, 0.717) is 19.6 Å². The number of carbonyl (C=O) groups excluding carboxylic acids is 1. The van der Waals surface area contributed by atoms with Crippen molar-refractivity contribution in [1.82, 2.24) is 5.32 Å². The highest BCUT2D eigenvalue weighted by molar-refractivity contribution is 5.85. The summed E-state index contributed by atoms with van der Waals surface area (Å²) in [5.74, 6) is -0.212. The highest BCUT2D eigenvalue weighted by Gasteiger charge is 2.30. The van der Waals surface area contributed by atoms with E-state index in [-0.39, 0.29) is 30.5 Å². The van der Waals surface area contributed by atoms with E-state index in [0.717, 1.165) is 5.56 Å². The van der Waals surface area contributed by atoms with Gasteiger partial charge in [0, 0.05) is 13.0 Å². The Morgan fingerprint density at radius 2 is 2.11 bits per heavy atom. The van der Waals surface area contributed by atoms with Gasteiger partial charge in [0.25, 0.3) is 0 Å². The molecule has 1 unspecified atom stereocenters. The molecule has 0 spiro atoms. The number of esters is 1. The Labute approximate surface area is 113 Å². The Bertz CT molecular complexity index is 372. The third-order valence-corrected chi connectivity index (χ3v) is 2.90. The minimum Gasteiger partial charge on any atom is -0.468 e. The number of hydrogen-bond acceptors (Lipinski definition) is 4. The highest BCUT2D eigenvalue weighted by Crippen LogP contribution is 2.13. The average Bonchev–Trinajstić information content (AvgIpc) is 2.85. The van der Waals surface area contributed by atoms with Crippen LogP contribution in [0.5, 0.6) is 0 Å². The first-order valence-corrected chi connectivity index (χ1v) is 5.76. The highest BCUT2D eigenvalue weighted by atomic mass is 35.5. The summed E-state index contributed by atoms with van der Waals surface area (Å²) in [6.07, 6.45) is 0.763. The van der Waals surface area contributed by atoms with E-state index in [1.807, 2.05) is 30.3 Å². The van der Waals surface area contributed by atoms with Crippen molar-refractivity contribution in [2.24, 2.45) is 0 Å². The van der Waals surface area contributed by atoms with Gasteiger partial charge in [0.15, 0.2) is 0 Å². The van der Waals surface area contributed by atoms with Crippen LogP contribution in [-0.4, -0.2) is 31.8 Å². The van der Waals surface area contributed by atoms with E-state index in [1.165, 1.54) is 7.11 Å². The molecule has 18 heavy (non-hydrogen) atoms. The number of carbonyl (C=O) groups is 1. The van der Waals surface area contributed by atoms with E-state index in [1.54, 1.807) is 0 Å². The van der Waals surface area contributed by atoms with Crippen molar-refractivity contribution in [2.75, 3.05) is 13.7 Å². The van der Waals surface area contributed by atoms with Gasteiger partial charge < -0.3 is 14.8 Å². The number of methoxy groups -OCH3 is 1. The van der Waals surface area contributed by atoms with Gasteiger partial charge in [-0.2, -0.15) is 0 Å². The molecule has 0 saturated carbocycles. The molecule has 0 bridgehead atoms. The second-order valence-corrected chi connectivity index (χ2v) is 4.14. The van der Waals surface area contributed by atoms with Crippen molar-refractivity contribution in [1.29, 1.82) is 0 Å². The van der Waals surface area contributed by atoms with Gasteiger partial charge in [-0.25, -0.2) is 0 Å². The van der Waals surface area contributed by atoms with Crippen molar-refractivity contribution >= 4 is 18.4 Å². The molecular weight excluding hydrogens is 254 g/mol. The third kappa shape index (κ3) is 3.98. The lowest BCUT2D eigenvalue weighted by Crippen LogP contribution is -2.31. The van der Waals surface area contributed by atoms with Gasteiger partial charge in [-0.15, -0.1) is 12.4 Å². The van der Waals surface area contributed by atoms with Crippen LogP contribution in [0.15, 0.2) is 30.3 Å². The number of benzene rings is 1. The first-order valence-electron chi connectivity index (χ1n) is 5.76. The lowest BCUT2D eigenvalue weighted by molar-refractivity contribution is -0.142. The molecule has 1 fully saturated rings. The van der Waals surface area contributed by atoms with Gasteiger partial charge in [0.05, 0.1) is 19.8 Å². The van der Waals surface area contributed by atoms with Crippen molar-refractivity contribution < 1.29 is 14.3 Å². The number of rotatable bonds is 4. The van der Waals surface area contributed by atoms with Crippen LogP contribution in [0.25, 0.3) is 0 Å². The molecule has 1 aliphatic rings. The third-order valence-electron chi connectivity index (χ3n) is 2.90. The van der Waals surface area contributed by atoms with Crippen molar-refractivity contribution in [3.8, 4) is 0 Å². The second-order valence-electron chi connectivity index (χ2n) is 4.14. The number of halogens is 1. The summed E-state index contributed by atoms with van der Waals surface area (Å²) < 4.78 is 10.4. The van der Waals surface area contributed by atoms with Crippen LogP contribution >= 0.6 is 12.4 Å². The second kappa shape index (κ2) is 7.36. The number of nitrogens with one attached hydrogen (secondary N) is 1. The van der Waals surface area contributed by atoms with Crippen LogP contribution < -0.4 is 5.32 Å². The van der Waals surface area contributed by atoms with Crippen LogP contribution in [0.2, 0.25) is 0 Å². The molecule has 1 heterocycles. The Morgan fingerprint density at radius 3 is 2.78 bits per heavy atom. The lowest BCUT2D eigenvalue weighted by Gasteiger charge is -2.10. The summed E-state index contributed by atoms with van der Waals surface area (Å²) in [5, 5.41) is 3.09. The molecule has 1 aromatic carbocycles. The van der Waals surface area contributed by atoms with Crippen LogP contribution in [0.4, 0.5) is 0 Å². The fourth-order valence-electron chi connectivity index (χ4n) is 1.94. The smallest absolute Gasteiger partial charge is 0.322 e. The molecule has 4 nitrogen and oxygen atoms in total. The fourth-order valence-corrected chi connectivity index (χ4v) is 1.94. The van der Waals surface area contributed by atoms with Crippen molar-refractivity contribution in [3.05, 3.63) is 35.9 Å². The minimum absolute atomic E-state index is 0. The molecule has 0 amide bonds. The molecule has 5 heteroatoms. The maximum absolute atomic E-state index is 11.3. The quantitative estimate of drug-likeness (QED) is 0.844. The zero-order chi connectivity index (χ0) is 12.1. The molecule has 1 N–H and O–H groups in total. The van der Waals surface area contributed by atoms with Gasteiger partial charge in [0.1, 0.15) is 6.04 Å². The summed E-state index contributed by atoms with van der Waals surface area (Å²) >= 11 is 0. The summed E-state index contributed by atoms with van der Waals surface area (Å²) in [4.78, 5) is 11.3. The van der Waals surface area contributed by atoms with E-state index in [4.69, 9.17) is 4.74 Å². The average molecular weight is 272 g/mol. The molecular formula is C13H18ClNO3. The minimum atomic E-state index is -0.222. The number of ether oxygens (including phenoxy) is 2. The Hall–Kier alpha value is -1.10. The maximum atomic E-state index is 11.3. The van der Waals surface area contributed by atoms with Gasteiger partial charge >= 0.3 is 5.97 Å². The topological polar surface area (TPSA) is 47.6 Å². The maximum Gasteiger partial charge on any atom is 0.322 e. The van der Waals surface area contributed by atoms with Crippen molar-refractivity contribution in [2.45, 2.75) is 25.2 Å². The molecule has 2 rings (SSSR count). The molecule has 0 radical (unpaired) electrons. The lowest BCUT2D eigenvalue weighted by atomic mass is 10.2. The van der Waals surface area contributed by atoms with Crippen LogP contribution in [0.3, 0.4) is 0 Å². The standard InChI is InChI=1S/C13H17NO3.ClH/c1-16-13(15)12-7-11(8-14-12)17-9-10-5-3-2-4-6-10;/h2-6,11-12,14H,7-9H2,1H3;1H/t11?,12-;/m0./s1. The summed E-state index contributed by atoms with van der Waals surface area (Å²) in [6, 6.07) is 9.79. The summed E-state index contributed by atoms with van der Waals surface area (Å²) in [6.45, 7) is 1.29. The Kier molecular flexibility index (Phi) is 6.12. The molecule has 100 valence electrons. The predicted molar refractivity (Wildman–Crippen MR) is 70.7 cm³/mol. The van der Waals surface area contributed by atoms with E-state index in [2.05, 4.69) is 10.1 Å². The SMILES string of the molecule is COC(=O)[C@@H]1CC(OCc2ccccc2)CN1.Cl. The van der Waals surface area contributed by atoms with E-state index < -0.39 is 0 Å². The molecule has 1 aliphatic heterocycles. The van der Waals surface area contributed by atoms with Crippen molar-refractivity contribution in [3.63, 3.8) is 0 Å². The molecule has 0 aromatic heterocycles. The molecule has 0 aliphatic carbocycles. The monoisotopic (exact) mass is 271 g/mol. The zero-order valence-corrected chi connectivity index (χ0v) is 11.1. The summed E-state index contributed by atoms with van der Waals surface area (Å²) in [5.41, 5.74) is 1.15. The zero-order valence-electron chi connectivity index (χ0n) is 10.3. The number of hydrogen-bond donors (Lipinski definition) is 1. The molecule has 1 saturated heterocycles. The molecule has 2 atom stereocenters. The van der Waals surface area contributed by atoms with Gasteiger partial charge in [-0.1, -0.05) is 30.3 Å². The van der Waals surface area contributed by atoms with Gasteiger partial charge in [-0.05, 0) is 5.56 Å². The predicted octanol–water partition coefficient (Wildman–Crippen LogP) is 1.53. The first-order chi connectivity index (χ1) is 8.29. The normalized spacial score (nSPS) is 22.3. The fraction of sp³-hybridized carbons (Fsp3) is 0.462. The first kappa shape index (κ1) is 15.0. The van der Waals surface area contributed by atoms with Gasteiger partial charge in [-0.3, -0.25) is 4.79 Å².